The average molecular weight is 306 g/mol. The molecule has 0 spiro atoms. The molecule has 6 heteroatoms. The highest BCUT2D eigenvalue weighted by Gasteiger charge is 2.17. The van der Waals surface area contributed by atoms with Gasteiger partial charge in [0.2, 0.25) is 0 Å². The summed E-state index contributed by atoms with van der Waals surface area (Å²) in [5.41, 5.74) is 1.59. The van der Waals surface area contributed by atoms with Crippen LogP contribution >= 0.6 is 11.3 Å². The van der Waals surface area contributed by atoms with Crippen molar-refractivity contribution in [1.29, 1.82) is 5.26 Å². The van der Waals surface area contributed by atoms with Crippen molar-refractivity contribution in [3.8, 4) is 6.07 Å². The van der Waals surface area contributed by atoms with Crippen LogP contribution in [-0.4, -0.2) is 8.42 Å². The van der Waals surface area contributed by atoms with Gasteiger partial charge in [-0.15, -0.1) is 11.3 Å². The number of hydrogen-bond acceptors (Lipinski definition) is 4. The minimum Gasteiger partial charge on any atom is -0.279 e. The topological polar surface area (TPSA) is 70.0 Å². The van der Waals surface area contributed by atoms with Crippen LogP contribution < -0.4 is 4.72 Å². The third-order valence-electron chi connectivity index (χ3n) is 2.76. The molecule has 2 aromatic rings. The first-order chi connectivity index (χ1) is 9.42. The van der Waals surface area contributed by atoms with E-state index in [0.29, 0.717) is 16.5 Å². The lowest BCUT2D eigenvalue weighted by atomic mass is 10.0. The van der Waals surface area contributed by atoms with Gasteiger partial charge in [-0.05, 0) is 35.7 Å². The van der Waals surface area contributed by atoms with Gasteiger partial charge in [0.25, 0.3) is 10.0 Å². The number of anilines is 1. The van der Waals surface area contributed by atoms with E-state index in [1.807, 2.05) is 38.1 Å². The zero-order chi connectivity index (χ0) is 14.8. The highest BCUT2D eigenvalue weighted by atomic mass is 32.2. The van der Waals surface area contributed by atoms with Crippen LogP contribution in [0.2, 0.25) is 0 Å². The van der Waals surface area contributed by atoms with E-state index in [0.717, 1.165) is 16.9 Å². The molecule has 0 aliphatic heterocycles. The Labute approximate surface area is 122 Å². The number of nitrogens with zero attached hydrogens (tertiary/aromatic N) is 1. The van der Waals surface area contributed by atoms with E-state index >= 15 is 0 Å². The molecule has 0 amide bonds. The Morgan fingerprint density at radius 2 is 2.00 bits per heavy atom. The molecular formula is C14H14N2O2S2. The van der Waals surface area contributed by atoms with E-state index in [1.54, 1.807) is 6.07 Å². The van der Waals surface area contributed by atoms with Gasteiger partial charge < -0.3 is 0 Å². The van der Waals surface area contributed by atoms with Gasteiger partial charge in [0.05, 0.1) is 0 Å². The molecule has 0 bridgehead atoms. The molecular weight excluding hydrogens is 292 g/mol. The maximum absolute atomic E-state index is 12.2. The number of rotatable bonds is 4. The number of benzene rings is 1. The van der Waals surface area contributed by atoms with Crippen molar-refractivity contribution in [3.05, 3.63) is 46.8 Å². The van der Waals surface area contributed by atoms with Gasteiger partial charge in [0, 0.05) is 5.69 Å². The summed E-state index contributed by atoms with van der Waals surface area (Å²) in [5, 5.41) is 8.75. The van der Waals surface area contributed by atoms with Crippen molar-refractivity contribution < 1.29 is 8.42 Å². The molecule has 0 fully saturated rings. The van der Waals surface area contributed by atoms with Crippen LogP contribution in [-0.2, 0) is 10.0 Å². The van der Waals surface area contributed by atoms with Crippen LogP contribution in [0, 0.1) is 11.3 Å². The lowest BCUT2D eigenvalue weighted by Gasteiger charge is -2.10. The zero-order valence-corrected chi connectivity index (χ0v) is 12.8. The van der Waals surface area contributed by atoms with Gasteiger partial charge >= 0.3 is 0 Å². The molecule has 2 rings (SSSR count). The summed E-state index contributed by atoms with van der Waals surface area (Å²) in [4.78, 5) is 0.376. The van der Waals surface area contributed by atoms with E-state index < -0.39 is 10.0 Å². The molecule has 0 saturated carbocycles. The van der Waals surface area contributed by atoms with E-state index in [2.05, 4.69) is 4.72 Å². The second-order valence-corrected chi connectivity index (χ2v) is 7.61. The van der Waals surface area contributed by atoms with E-state index in [9.17, 15) is 8.42 Å². The van der Waals surface area contributed by atoms with Crippen molar-refractivity contribution >= 4 is 27.0 Å². The van der Waals surface area contributed by atoms with E-state index in [4.69, 9.17) is 5.26 Å². The maximum Gasteiger partial charge on any atom is 0.271 e. The smallest absolute Gasteiger partial charge is 0.271 e. The van der Waals surface area contributed by atoms with Crippen LogP contribution in [0.3, 0.4) is 0 Å². The Morgan fingerprint density at radius 1 is 1.25 bits per heavy atom. The van der Waals surface area contributed by atoms with Crippen LogP contribution in [0.1, 0.15) is 30.2 Å². The molecule has 0 saturated heterocycles. The SMILES string of the molecule is CC(C)c1cccc(NS(=O)(=O)c2ccc(C#N)s2)c1. The highest BCUT2D eigenvalue weighted by Crippen LogP contribution is 2.25. The molecule has 1 aromatic carbocycles. The second kappa shape index (κ2) is 5.65. The third kappa shape index (κ3) is 3.18. The molecule has 104 valence electrons. The fraction of sp³-hybridized carbons (Fsp3) is 0.214. The van der Waals surface area contributed by atoms with Crippen molar-refractivity contribution in [2.75, 3.05) is 4.72 Å². The van der Waals surface area contributed by atoms with Gasteiger partial charge in [0.15, 0.2) is 0 Å². The van der Waals surface area contributed by atoms with Crippen LogP contribution in [0.5, 0.6) is 0 Å². The number of sulfonamides is 1. The number of nitriles is 1. The Balaban J connectivity index is 2.29. The molecule has 0 radical (unpaired) electrons. The second-order valence-electron chi connectivity index (χ2n) is 4.62. The minimum atomic E-state index is -3.63. The molecule has 1 aromatic heterocycles. The Hall–Kier alpha value is -1.84. The molecule has 1 N–H and O–H groups in total. The van der Waals surface area contributed by atoms with Crippen molar-refractivity contribution in [2.45, 2.75) is 24.0 Å². The number of nitrogens with one attached hydrogen (secondary N) is 1. The quantitative estimate of drug-likeness (QED) is 0.939. The first-order valence-corrected chi connectivity index (χ1v) is 8.35. The van der Waals surface area contributed by atoms with Gasteiger partial charge in [-0.25, -0.2) is 8.42 Å². The van der Waals surface area contributed by atoms with Crippen molar-refractivity contribution in [3.63, 3.8) is 0 Å². The summed E-state index contributed by atoms with van der Waals surface area (Å²) in [7, 11) is -3.63. The predicted molar refractivity (Wildman–Crippen MR) is 80.4 cm³/mol. The van der Waals surface area contributed by atoms with Gasteiger partial charge in [-0.3, -0.25) is 4.72 Å². The predicted octanol–water partition coefficient (Wildman–Crippen LogP) is 3.54. The molecule has 4 nitrogen and oxygen atoms in total. The third-order valence-corrected chi connectivity index (χ3v) is 5.62. The Kier molecular flexibility index (Phi) is 4.12. The number of thiophene rings is 1. The first kappa shape index (κ1) is 14.6. The van der Waals surface area contributed by atoms with Crippen LogP contribution in [0.25, 0.3) is 0 Å². The van der Waals surface area contributed by atoms with Gasteiger partial charge in [-0.2, -0.15) is 5.26 Å². The standard InChI is InChI=1S/C14H14N2O2S2/c1-10(2)11-4-3-5-12(8-11)16-20(17,18)14-7-6-13(9-15)19-14/h3-8,10,16H,1-2H3. The maximum atomic E-state index is 12.2. The van der Waals surface area contributed by atoms with Crippen molar-refractivity contribution in [2.24, 2.45) is 0 Å². The number of hydrogen-bond donors (Lipinski definition) is 1. The lowest BCUT2D eigenvalue weighted by molar-refractivity contribution is 0.603. The molecule has 1 heterocycles. The van der Waals surface area contributed by atoms with Crippen LogP contribution in [0.15, 0.2) is 40.6 Å². The fourth-order valence-corrected chi connectivity index (χ4v) is 3.84. The van der Waals surface area contributed by atoms with E-state index in [1.165, 1.54) is 12.1 Å². The largest absolute Gasteiger partial charge is 0.279 e. The highest BCUT2D eigenvalue weighted by molar-refractivity contribution is 7.94. The Bertz CT molecular complexity index is 755. The van der Waals surface area contributed by atoms with E-state index in [-0.39, 0.29) is 4.21 Å². The molecule has 20 heavy (non-hydrogen) atoms. The first-order valence-electron chi connectivity index (χ1n) is 6.05. The fourth-order valence-electron chi connectivity index (χ4n) is 1.69. The van der Waals surface area contributed by atoms with Crippen molar-refractivity contribution in [1.82, 2.24) is 0 Å². The summed E-state index contributed by atoms with van der Waals surface area (Å²) in [5.74, 6) is 0.325. The minimum absolute atomic E-state index is 0.143. The summed E-state index contributed by atoms with van der Waals surface area (Å²) < 4.78 is 27.1. The molecule has 0 aliphatic rings. The molecule has 0 unspecified atom stereocenters. The normalized spacial score (nSPS) is 11.3. The van der Waals surface area contributed by atoms with Gasteiger partial charge in [-0.1, -0.05) is 26.0 Å². The Morgan fingerprint density at radius 3 is 2.60 bits per heavy atom. The molecule has 0 atom stereocenters. The summed E-state index contributed by atoms with van der Waals surface area (Å²) >= 11 is 0.958. The van der Waals surface area contributed by atoms with Gasteiger partial charge in [0.1, 0.15) is 15.2 Å². The summed E-state index contributed by atoms with van der Waals surface area (Å²) in [6, 6.07) is 12.2. The monoisotopic (exact) mass is 306 g/mol. The zero-order valence-electron chi connectivity index (χ0n) is 11.1. The lowest BCUT2D eigenvalue weighted by Crippen LogP contribution is -2.11. The molecule has 0 aliphatic carbocycles. The summed E-state index contributed by atoms with van der Waals surface area (Å²) in [6.45, 7) is 4.10. The van der Waals surface area contributed by atoms with Crippen LogP contribution in [0.4, 0.5) is 5.69 Å². The summed E-state index contributed by atoms with van der Waals surface area (Å²) in [6.07, 6.45) is 0. The average Bonchev–Trinajstić information content (AvgIpc) is 2.88.